The van der Waals surface area contributed by atoms with Gasteiger partial charge in [0.15, 0.2) is 0 Å². The van der Waals surface area contributed by atoms with E-state index in [1.54, 1.807) is 0 Å². The Morgan fingerprint density at radius 1 is 0.487 bits per heavy atom. The van der Waals surface area contributed by atoms with Gasteiger partial charge in [-0.15, -0.1) is 0 Å². The fourth-order valence-corrected chi connectivity index (χ4v) is 15.5. The fraction of sp³-hybridized carbons (Fsp3) is 0.895. The molecule has 0 aromatic rings. The quantitative estimate of drug-likeness (QED) is 0.0247. The number of nitrogens with one attached hydrogen (secondary N) is 2. The van der Waals surface area contributed by atoms with E-state index in [2.05, 4.69) is 33.9 Å². The van der Waals surface area contributed by atoms with Crippen molar-refractivity contribution in [3.8, 4) is 0 Å². The van der Waals surface area contributed by atoms with Gasteiger partial charge in [-0.2, -0.15) is 0 Å². The predicted molar refractivity (Wildman–Crippen MR) is 448 cm³/mol. The third kappa shape index (κ3) is 35.9. The lowest BCUT2D eigenvalue weighted by molar-refractivity contribution is -0.357. The van der Waals surface area contributed by atoms with E-state index in [0.29, 0.717) is 32.8 Å². The Labute approximate surface area is 780 Å². The molecule has 2 N–H and O–H groups in total. The first kappa shape index (κ1) is 55.1. The smallest absolute Gasteiger partial charge is 0.465 e. The third-order valence-corrected chi connectivity index (χ3v) is 21.9. The van der Waals surface area contributed by atoms with Crippen molar-refractivity contribution in [1.82, 2.24) is 15.5 Å². The molecule has 21 atom stereocenters. The van der Waals surface area contributed by atoms with Crippen molar-refractivity contribution in [3.63, 3.8) is 0 Å². The van der Waals surface area contributed by atoms with Crippen LogP contribution in [0.2, 0.25) is 0 Å². The number of unbranched alkanes of at least 4 members (excludes halogenated alkanes) is 26. The molecule has 3 aliphatic rings. The van der Waals surface area contributed by atoms with Crippen LogP contribution in [0.3, 0.4) is 0 Å². The van der Waals surface area contributed by atoms with Gasteiger partial charge in [0.1, 0.15) is 86.5 Å². The van der Waals surface area contributed by atoms with Crippen LogP contribution in [0, 0.1) is 0 Å². The average molecular weight is 1780 g/mol. The van der Waals surface area contributed by atoms with Crippen LogP contribution in [-0.4, -0.2) is 316 Å². The van der Waals surface area contributed by atoms with E-state index in [-0.39, 0.29) is 12.8 Å². The van der Waals surface area contributed by atoms with E-state index in [0.717, 1.165) is 129 Å². The number of esters is 2. The fourth-order valence-electron chi connectivity index (χ4n) is 14.5. The molecule has 2 saturated heterocycles. The highest BCUT2D eigenvalue weighted by Crippen LogP contribution is 2.53. The summed E-state index contributed by atoms with van der Waals surface area (Å²) in [7, 11) is -68.3. The highest BCUT2D eigenvalue weighted by molar-refractivity contribution is 7.48. The van der Waals surface area contributed by atoms with Gasteiger partial charge in [0.25, 0.3) is 11.6 Å². The molecule has 0 radical (unpaired) electrons. The molecule has 32 nitrogen and oxygen atoms in total. The second kappa shape index (κ2) is 63.2. The van der Waals surface area contributed by atoms with Crippen LogP contribution < -0.4 is 10.6 Å². The molecule has 0 bridgehead atoms. The number of hydrogen-bond donors (Lipinski definition) is 2. The van der Waals surface area contributed by atoms with Gasteiger partial charge in [0.2, 0.25) is 17.7 Å². The number of hydrogen-bond acceptors (Lipinski definition) is 29. The van der Waals surface area contributed by atoms with E-state index in [9.17, 15) is 9.59 Å². The summed E-state index contributed by atoms with van der Waals surface area (Å²) in [5.74, 6) is -20.1. The zero-order valence-corrected chi connectivity index (χ0v) is 69.0. The van der Waals surface area contributed by atoms with Gasteiger partial charge in [0.05, 0.1) is 132 Å². The zero-order chi connectivity index (χ0) is 128. The Morgan fingerprint density at radius 3 is 1.50 bits per heavy atom. The maximum atomic E-state index is 16.5. The monoisotopic (exact) mass is 1780 g/mol. The largest absolute Gasteiger partial charge is 0.475 e. The number of phosphoric ester groups is 1. The van der Waals surface area contributed by atoms with Gasteiger partial charge in [0, 0.05) is 136 Å². The second-order valence-electron chi connectivity index (χ2n) is 29.1. The van der Waals surface area contributed by atoms with Crippen LogP contribution in [0.25, 0.3) is 0 Å². The molecule has 1 saturated carbocycles. The molecular weight excluding hydrogens is 1570 g/mol. The molecule has 0 aromatic carbocycles. The number of carbonyl (C=O) groups is 5. The summed E-state index contributed by atoms with van der Waals surface area (Å²) in [6, 6.07) is -8.56. The summed E-state index contributed by atoms with van der Waals surface area (Å²) in [4.78, 5) is 75.9. The van der Waals surface area contributed by atoms with Crippen LogP contribution in [0.1, 0.15) is 285 Å². The van der Waals surface area contributed by atoms with Crippen LogP contribution in [-0.2, 0) is 137 Å². The minimum atomic E-state index is -6.96. The first-order chi connectivity index (χ1) is 76.0. The normalized spacial score (nSPS) is 33.9. The molecule has 1 aliphatic carbocycles. The minimum absolute atomic E-state index is 0.113. The Hall–Kier alpha value is -3.78. The summed E-state index contributed by atoms with van der Waals surface area (Å²) in [6.07, 6.45) is -22.3. The molecule has 3 amide bonds. The van der Waals surface area contributed by atoms with E-state index < -0.39 is 328 Å². The van der Waals surface area contributed by atoms with Crippen LogP contribution >= 0.6 is 7.82 Å². The zero-order valence-electron chi connectivity index (χ0n) is 116. The third-order valence-electron chi connectivity index (χ3n) is 20.8. The lowest BCUT2D eigenvalue weighted by Crippen LogP contribution is -2.72. The minimum Gasteiger partial charge on any atom is -0.465 e. The van der Waals surface area contributed by atoms with E-state index in [1.165, 1.54) is 38.2 Å². The van der Waals surface area contributed by atoms with Gasteiger partial charge >= 0.3 is 19.8 Å². The first-order valence-corrected chi connectivity index (χ1v) is 41.5. The van der Waals surface area contributed by atoms with Crippen molar-refractivity contribution in [2.24, 2.45) is 0 Å². The average Bonchev–Trinajstić information content (AvgIpc) is 0.722. The van der Waals surface area contributed by atoms with E-state index in [4.69, 9.17) is 165 Å². The molecule has 2 aliphatic heterocycles. The summed E-state index contributed by atoms with van der Waals surface area (Å²) in [6.45, 7) is -8.94. The number of likely N-dealkylation sites (N-methyl/N-ethyl adjacent to an activating group) is 1. The number of amides is 3. The Kier molecular flexibility index (Phi) is 29.2. The maximum Gasteiger partial charge on any atom is 0.475 e. The van der Waals surface area contributed by atoms with E-state index >= 15 is 18.9 Å². The highest BCUT2D eigenvalue weighted by Gasteiger charge is 2.64. The van der Waals surface area contributed by atoms with Crippen LogP contribution in [0.5, 0.6) is 0 Å². The number of carbonyl (C=O) groups excluding carboxylic acids is 5. The molecular formula is C86H158N3O29P. The van der Waals surface area contributed by atoms with E-state index in [1.807, 2.05) is 12.2 Å². The van der Waals surface area contributed by atoms with Crippen molar-refractivity contribution >= 4 is 37.5 Å². The maximum absolute atomic E-state index is 16.5. The molecule has 3 fully saturated rings. The highest BCUT2D eigenvalue weighted by atomic mass is 31.2. The second-order valence-corrected chi connectivity index (χ2v) is 30.6. The van der Waals surface area contributed by atoms with Gasteiger partial charge in [-0.05, 0) is 44.9 Å². The lowest BCUT2D eigenvalue weighted by atomic mass is 9.83. The van der Waals surface area contributed by atoms with Gasteiger partial charge < -0.3 is 110 Å². The predicted octanol–water partition coefficient (Wildman–Crippen LogP) is 11.6. The summed E-state index contributed by atoms with van der Waals surface area (Å²) < 4.78 is 545. The SMILES string of the molecule is [2H]C([2H])([2H])OCC(=O)N([C@H]1[C@H]([C@H](OC([2H])([2H])[2H])[C@@H](COC)OC([2H])([2H])[2H])O[C@@](OCC(=O)N[C@H]2[C@H]([C@H](OC([2H])([2H])[2H])[C@@H](COC)OC([2H])([2H])[2H])O[C@@](O[C@H]3[C@@H](OC([2H])([2H])[2H])[C@@H](OP(=O)(OC[C@H](NC(=O)CCCCCCCCCCCCC/C=C/CCCCCCCC)[C@@H](/C=C/CCCCCCCCCCC)OC([2H])([2H])[2H])OC([2H])([2H])[2H])[C@H](OC([2H])([2H])[2H])[C@@H](OC([2H])([2H])[2H])[C@@H]3OC([2H])([2H])[2H])(C(=O)OC([2H])([2H])[2H])C[C@@H]2OC([2H])([2H])[2H])(C(=O)OC([2H])([2H])[2H])C[C@@H]1OC([2H])([2H])[2H])C([2H])([2H])[2H]. The Balaban J connectivity index is 2.81. The Bertz CT molecular complexity index is 4580. The lowest BCUT2D eigenvalue weighted by Gasteiger charge is -2.53. The molecule has 696 valence electrons. The number of rotatable bonds is 70. The molecule has 3 rings (SSSR count). The van der Waals surface area contributed by atoms with Crippen molar-refractivity contribution in [1.29, 1.82) is 0 Å². The Morgan fingerprint density at radius 2 is 0.975 bits per heavy atom. The summed E-state index contributed by atoms with van der Waals surface area (Å²) >= 11 is 0. The van der Waals surface area contributed by atoms with Gasteiger partial charge in [-0.1, -0.05) is 179 Å². The number of ether oxygens (including phenoxy) is 20. The number of phosphoric acid groups is 1. The summed E-state index contributed by atoms with van der Waals surface area (Å²) in [5.41, 5.74) is 0. The molecule has 1 unspecified atom stereocenters. The number of allylic oxidation sites excluding steroid dienone is 3. The standard InChI is InChI=1S/C86H158N3O29P/c1-21-23-25-27-29-31-33-34-35-36-37-38-39-40-41-42-44-46-48-50-52-54-68(90)87-62(63(99-7)53-51-49-47-45-43-32-30-28-26-24-22-2)57-114-119(95,112-20)118-82-79(108-16)77(106-14)78(107-15)81(80(82)109-17)117-86(84(94)111-19)55-64(100-8)71(75(115-86)73(104-12)66(102-10)58-96-4)88-69(91)60-113-85(83(93)110-18)56-65(101-9)72(89(3)70(92)61-98-6)76(116-85)74(105-13)67(103-11)59-97-5/h34-35,51,53,62-67,71-82H,21-33,36-50,52,54-61H2,1-20H3,(H,87,90)(H,88,91)/b35-34+,53-51+/t62-,63+,64-,65-,66+,67+,71+,72+,73+,74+,75+,76+,77-,78-,79+,80+,81+,82-,85+,86-,119?/m0/s1/i3D3,6D3,7D3,8D3,9D3,10D3,11D3,12D3,13D3,14D3,15D3,16D3,17D3,18D3,19D3,20D3. The number of nitrogens with zero attached hydrogens (tertiary/aromatic N) is 1. The van der Waals surface area contributed by atoms with Crippen molar-refractivity contribution in [3.05, 3.63) is 24.3 Å². The molecule has 0 aromatic heterocycles. The van der Waals surface area contributed by atoms with Crippen LogP contribution in [0.15, 0.2) is 24.3 Å². The molecule has 119 heavy (non-hydrogen) atoms. The van der Waals surface area contributed by atoms with Gasteiger partial charge in [-0.3, -0.25) is 28.0 Å². The van der Waals surface area contributed by atoms with Crippen molar-refractivity contribution < 1.29 is 203 Å². The topological polar surface area (TPSA) is 342 Å². The van der Waals surface area contributed by atoms with Crippen molar-refractivity contribution in [2.75, 3.05) is 160 Å². The molecule has 0 spiro atoms. The number of methoxy groups -OCH3 is 16. The van der Waals surface area contributed by atoms with Crippen LogP contribution in [0.4, 0.5) is 0 Å². The first-order valence-electron chi connectivity index (χ1n) is 64.1. The van der Waals surface area contributed by atoms with Gasteiger partial charge in [-0.25, -0.2) is 14.2 Å². The summed E-state index contributed by atoms with van der Waals surface area (Å²) in [5, 5.41) is 4.34. The molecule has 33 heteroatoms. The molecule has 2 heterocycles. The van der Waals surface area contributed by atoms with Crippen molar-refractivity contribution in [2.45, 2.75) is 341 Å².